The topological polar surface area (TPSA) is 83.6 Å². The van der Waals surface area contributed by atoms with Crippen LogP contribution in [0.15, 0.2) is 36.4 Å². The SMILES string of the molecule is C=C1CCC(C(N)=O)([C@H](C(=O)N2CC[C@](O)(c3ccc(Cl)cc3)C(C)(C)C2)C(C)C)C1. The Morgan fingerprint density at radius 2 is 1.81 bits per heavy atom. The number of carbonyl (C=O) groups is 2. The second kappa shape index (κ2) is 8.25. The summed E-state index contributed by atoms with van der Waals surface area (Å²) in [5, 5.41) is 12.2. The number of hydrogen-bond donors (Lipinski definition) is 2. The van der Waals surface area contributed by atoms with Crippen molar-refractivity contribution in [2.45, 2.75) is 59.0 Å². The van der Waals surface area contributed by atoms with Gasteiger partial charge in [-0.3, -0.25) is 9.59 Å². The summed E-state index contributed by atoms with van der Waals surface area (Å²) < 4.78 is 0. The van der Waals surface area contributed by atoms with Gasteiger partial charge in [0.25, 0.3) is 0 Å². The summed E-state index contributed by atoms with van der Waals surface area (Å²) in [7, 11) is 0. The van der Waals surface area contributed by atoms with Crippen molar-refractivity contribution in [2.24, 2.45) is 28.4 Å². The Hall–Kier alpha value is -1.85. The third kappa shape index (κ3) is 4.03. The summed E-state index contributed by atoms with van der Waals surface area (Å²) in [5.41, 5.74) is 5.12. The molecule has 0 bridgehead atoms. The molecule has 31 heavy (non-hydrogen) atoms. The smallest absolute Gasteiger partial charge is 0.227 e. The number of carbonyl (C=O) groups excluding carboxylic acids is 2. The number of hydrogen-bond acceptors (Lipinski definition) is 3. The summed E-state index contributed by atoms with van der Waals surface area (Å²) in [6.45, 7) is 12.8. The molecule has 6 heteroatoms. The number of halogens is 1. The molecule has 3 N–H and O–H groups in total. The molecule has 1 heterocycles. The average molecular weight is 447 g/mol. The van der Waals surface area contributed by atoms with E-state index in [2.05, 4.69) is 6.58 Å². The van der Waals surface area contributed by atoms with Crippen LogP contribution in [0, 0.1) is 22.7 Å². The first-order chi connectivity index (χ1) is 14.3. The van der Waals surface area contributed by atoms with Gasteiger partial charge in [0.1, 0.15) is 0 Å². The van der Waals surface area contributed by atoms with Gasteiger partial charge in [0, 0.05) is 23.5 Å². The van der Waals surface area contributed by atoms with Gasteiger partial charge >= 0.3 is 0 Å². The quantitative estimate of drug-likeness (QED) is 0.662. The van der Waals surface area contributed by atoms with Crippen LogP contribution in [0.4, 0.5) is 0 Å². The van der Waals surface area contributed by atoms with E-state index in [-0.39, 0.29) is 11.8 Å². The lowest BCUT2D eigenvalue weighted by atomic mass is 9.64. The molecule has 2 aliphatic rings. The highest BCUT2D eigenvalue weighted by Crippen LogP contribution is 2.51. The van der Waals surface area contributed by atoms with E-state index in [1.54, 1.807) is 12.1 Å². The molecule has 5 nitrogen and oxygen atoms in total. The molecule has 3 rings (SSSR count). The number of allylic oxidation sites excluding steroid dienone is 1. The van der Waals surface area contributed by atoms with E-state index in [1.165, 1.54) is 0 Å². The van der Waals surface area contributed by atoms with Gasteiger partial charge < -0.3 is 15.7 Å². The molecule has 0 aromatic heterocycles. The molecule has 170 valence electrons. The third-order valence-corrected chi connectivity index (χ3v) is 7.84. The van der Waals surface area contributed by atoms with Crippen LogP contribution in [-0.4, -0.2) is 34.9 Å². The van der Waals surface area contributed by atoms with Crippen LogP contribution in [0.3, 0.4) is 0 Å². The fourth-order valence-electron chi connectivity index (χ4n) is 5.78. The molecule has 1 aliphatic heterocycles. The minimum absolute atomic E-state index is 0.0360. The lowest BCUT2D eigenvalue weighted by Gasteiger charge is -2.52. The van der Waals surface area contributed by atoms with Crippen molar-refractivity contribution >= 4 is 23.4 Å². The Kier molecular flexibility index (Phi) is 6.34. The predicted molar refractivity (Wildman–Crippen MR) is 123 cm³/mol. The number of nitrogens with zero attached hydrogens (tertiary/aromatic N) is 1. The molecule has 2 fully saturated rings. The molecule has 1 aromatic rings. The molecule has 1 aromatic carbocycles. The highest BCUT2D eigenvalue weighted by atomic mass is 35.5. The van der Waals surface area contributed by atoms with Crippen LogP contribution in [0.2, 0.25) is 5.02 Å². The van der Waals surface area contributed by atoms with Crippen LogP contribution in [0.5, 0.6) is 0 Å². The lowest BCUT2D eigenvalue weighted by molar-refractivity contribution is -0.164. The molecule has 3 atom stereocenters. The summed E-state index contributed by atoms with van der Waals surface area (Å²) in [4.78, 5) is 28.2. The minimum Gasteiger partial charge on any atom is -0.384 e. The van der Waals surface area contributed by atoms with E-state index in [0.29, 0.717) is 37.4 Å². The van der Waals surface area contributed by atoms with Gasteiger partial charge in [0.2, 0.25) is 11.8 Å². The molecule has 2 amide bonds. The van der Waals surface area contributed by atoms with E-state index in [4.69, 9.17) is 17.3 Å². The van der Waals surface area contributed by atoms with Gasteiger partial charge in [0.15, 0.2) is 0 Å². The highest BCUT2D eigenvalue weighted by molar-refractivity contribution is 6.30. The Morgan fingerprint density at radius 1 is 1.19 bits per heavy atom. The van der Waals surface area contributed by atoms with E-state index < -0.39 is 28.3 Å². The summed E-state index contributed by atoms with van der Waals surface area (Å²) >= 11 is 6.03. The van der Waals surface area contributed by atoms with Crippen molar-refractivity contribution in [3.8, 4) is 0 Å². The number of aliphatic hydroxyl groups is 1. The fraction of sp³-hybridized carbons (Fsp3) is 0.600. The summed E-state index contributed by atoms with van der Waals surface area (Å²) in [6, 6.07) is 7.26. The number of amides is 2. The van der Waals surface area contributed by atoms with Crippen LogP contribution >= 0.6 is 11.6 Å². The van der Waals surface area contributed by atoms with Gasteiger partial charge in [-0.2, -0.15) is 0 Å². The maximum atomic E-state index is 13.8. The highest BCUT2D eigenvalue weighted by Gasteiger charge is 2.55. The van der Waals surface area contributed by atoms with Crippen LogP contribution in [0.1, 0.15) is 58.9 Å². The monoisotopic (exact) mass is 446 g/mol. The van der Waals surface area contributed by atoms with Crippen molar-refractivity contribution in [3.05, 3.63) is 47.0 Å². The van der Waals surface area contributed by atoms with Crippen LogP contribution < -0.4 is 5.73 Å². The molecule has 1 unspecified atom stereocenters. The molecule has 0 spiro atoms. The summed E-state index contributed by atoms with van der Waals surface area (Å²) in [6.07, 6.45) is 2.18. The zero-order chi connectivity index (χ0) is 23.2. The number of primary amides is 1. The Balaban J connectivity index is 1.89. The standard InChI is InChI=1S/C25H35ClN2O3/c1-16(2)20(24(22(27)30)11-10-17(3)14-24)21(29)28-13-12-25(31,23(4,5)15-28)18-6-8-19(26)9-7-18/h6-9,16,20,31H,3,10-15H2,1-2,4-5H3,(H2,27,30)/t20-,24?,25-/m0/s1. The zero-order valence-electron chi connectivity index (χ0n) is 19.1. The Labute approximate surface area is 190 Å². The Bertz CT molecular complexity index is 879. The fourth-order valence-corrected chi connectivity index (χ4v) is 5.90. The van der Waals surface area contributed by atoms with Crippen LogP contribution in [-0.2, 0) is 15.2 Å². The number of piperidine rings is 1. The molecule has 0 radical (unpaired) electrons. The maximum absolute atomic E-state index is 13.8. The van der Waals surface area contributed by atoms with E-state index in [9.17, 15) is 14.7 Å². The number of rotatable bonds is 5. The van der Waals surface area contributed by atoms with E-state index in [0.717, 1.165) is 17.6 Å². The average Bonchev–Trinajstić information content (AvgIpc) is 3.06. The van der Waals surface area contributed by atoms with Gasteiger partial charge in [-0.25, -0.2) is 0 Å². The molecule has 1 saturated heterocycles. The van der Waals surface area contributed by atoms with Crippen molar-refractivity contribution in [1.29, 1.82) is 0 Å². The normalized spacial score (nSPS) is 29.3. The zero-order valence-corrected chi connectivity index (χ0v) is 19.8. The second-order valence-electron chi connectivity index (χ2n) is 10.4. The first-order valence-electron chi connectivity index (χ1n) is 11.1. The van der Waals surface area contributed by atoms with E-state index in [1.807, 2.05) is 44.7 Å². The number of nitrogens with two attached hydrogens (primary N) is 1. The van der Waals surface area contributed by atoms with E-state index >= 15 is 0 Å². The van der Waals surface area contributed by atoms with Crippen molar-refractivity contribution in [3.63, 3.8) is 0 Å². The third-order valence-electron chi connectivity index (χ3n) is 7.59. The summed E-state index contributed by atoms with van der Waals surface area (Å²) in [5.74, 6) is -0.991. The largest absolute Gasteiger partial charge is 0.384 e. The van der Waals surface area contributed by atoms with Crippen LogP contribution in [0.25, 0.3) is 0 Å². The molecule has 1 saturated carbocycles. The molecular weight excluding hydrogens is 412 g/mol. The number of likely N-dealkylation sites (tertiary alicyclic amines) is 1. The first kappa shape index (κ1) is 23.8. The van der Waals surface area contributed by atoms with Crippen molar-refractivity contribution < 1.29 is 14.7 Å². The van der Waals surface area contributed by atoms with Gasteiger partial charge in [-0.15, -0.1) is 0 Å². The maximum Gasteiger partial charge on any atom is 0.227 e. The Morgan fingerprint density at radius 3 is 2.26 bits per heavy atom. The molecule has 1 aliphatic carbocycles. The second-order valence-corrected chi connectivity index (χ2v) is 10.9. The lowest BCUT2D eigenvalue weighted by Crippen LogP contribution is -2.60. The molecular formula is C25H35ClN2O3. The van der Waals surface area contributed by atoms with Gasteiger partial charge in [-0.1, -0.05) is 63.6 Å². The van der Waals surface area contributed by atoms with Crippen molar-refractivity contribution in [1.82, 2.24) is 4.90 Å². The first-order valence-corrected chi connectivity index (χ1v) is 11.5. The van der Waals surface area contributed by atoms with Gasteiger partial charge in [0.05, 0.1) is 16.9 Å². The van der Waals surface area contributed by atoms with Crippen molar-refractivity contribution in [2.75, 3.05) is 13.1 Å². The predicted octanol–water partition coefficient (Wildman–Crippen LogP) is 4.27. The number of benzene rings is 1. The van der Waals surface area contributed by atoms with Gasteiger partial charge in [-0.05, 0) is 49.3 Å². The minimum atomic E-state index is -1.08.